The highest BCUT2D eigenvalue weighted by molar-refractivity contribution is 6.11. The molecule has 0 aliphatic heterocycles. The normalized spacial score (nSPS) is 12.2. The molecule has 7 heteroatoms. The number of halogens is 3. The lowest BCUT2D eigenvalue weighted by Gasteiger charge is -2.14. The van der Waals surface area contributed by atoms with Gasteiger partial charge in [-0.1, -0.05) is 36.4 Å². The number of rotatable bonds is 6. The zero-order valence-corrected chi connectivity index (χ0v) is 15.2. The first kappa shape index (κ1) is 21.0. The molecule has 0 fully saturated rings. The molecule has 0 heterocycles. The highest BCUT2D eigenvalue weighted by Gasteiger charge is 2.32. The summed E-state index contributed by atoms with van der Waals surface area (Å²) >= 11 is 0. The number of hydrogen-bond acceptors (Lipinski definition) is 3. The Morgan fingerprint density at radius 2 is 1.75 bits per heavy atom. The molecule has 0 saturated heterocycles. The first-order valence-corrected chi connectivity index (χ1v) is 8.21. The lowest BCUT2D eigenvalue weighted by atomic mass is 10.1. The van der Waals surface area contributed by atoms with Crippen molar-refractivity contribution in [2.75, 3.05) is 0 Å². The summed E-state index contributed by atoms with van der Waals surface area (Å²) in [5, 5.41) is 9.00. The van der Waals surface area contributed by atoms with E-state index in [-0.39, 0.29) is 16.8 Å². The summed E-state index contributed by atoms with van der Waals surface area (Å²) in [6, 6.07) is 10.2. The minimum absolute atomic E-state index is 0.0818. The summed E-state index contributed by atoms with van der Waals surface area (Å²) < 4.78 is 42.2. The summed E-state index contributed by atoms with van der Waals surface area (Å²) in [6.07, 6.45) is -1.48. The van der Waals surface area contributed by atoms with E-state index >= 15 is 0 Å². The number of nitrogens with zero attached hydrogens (tertiary/aromatic N) is 1. The number of benzene rings is 2. The molecule has 2 rings (SSSR count). The van der Waals surface area contributed by atoms with E-state index in [1.54, 1.807) is 38.1 Å². The SMILES string of the molecule is C=C(N=C(/C=C\C)c1ccc(C(=O)O)cc1)c1cc(C)ccc1OC(F)(F)F. The second kappa shape index (κ2) is 8.56. The van der Waals surface area contributed by atoms with Crippen LogP contribution < -0.4 is 4.74 Å². The van der Waals surface area contributed by atoms with Crippen LogP contribution in [0.3, 0.4) is 0 Å². The Bertz CT molecular complexity index is 942. The second-order valence-corrected chi connectivity index (χ2v) is 5.87. The van der Waals surface area contributed by atoms with Crippen molar-refractivity contribution in [2.45, 2.75) is 20.2 Å². The molecular weight excluding hydrogens is 371 g/mol. The molecule has 146 valence electrons. The van der Waals surface area contributed by atoms with Crippen molar-refractivity contribution in [1.29, 1.82) is 0 Å². The predicted molar refractivity (Wildman–Crippen MR) is 102 cm³/mol. The zero-order valence-electron chi connectivity index (χ0n) is 15.2. The average Bonchev–Trinajstić information content (AvgIpc) is 2.61. The maximum atomic E-state index is 12.7. The van der Waals surface area contributed by atoms with Crippen molar-refractivity contribution in [2.24, 2.45) is 4.99 Å². The third-order valence-electron chi connectivity index (χ3n) is 3.68. The molecule has 0 spiro atoms. The van der Waals surface area contributed by atoms with Crippen molar-refractivity contribution in [3.63, 3.8) is 0 Å². The monoisotopic (exact) mass is 389 g/mol. The van der Waals surface area contributed by atoms with Crippen LogP contribution in [-0.2, 0) is 0 Å². The van der Waals surface area contributed by atoms with Crippen molar-refractivity contribution < 1.29 is 27.8 Å². The van der Waals surface area contributed by atoms with Gasteiger partial charge in [0.15, 0.2) is 0 Å². The number of aryl methyl sites for hydroxylation is 1. The Morgan fingerprint density at radius 3 is 2.29 bits per heavy atom. The van der Waals surface area contributed by atoms with Crippen molar-refractivity contribution in [3.05, 3.63) is 83.4 Å². The molecule has 0 atom stereocenters. The summed E-state index contributed by atoms with van der Waals surface area (Å²) in [7, 11) is 0. The van der Waals surface area contributed by atoms with Crippen LogP contribution in [0.1, 0.15) is 34.0 Å². The Balaban J connectivity index is 2.46. The average molecular weight is 389 g/mol. The Hall–Kier alpha value is -3.35. The number of aromatic carboxylic acids is 1. The van der Waals surface area contributed by atoms with Gasteiger partial charge in [0, 0.05) is 11.1 Å². The van der Waals surface area contributed by atoms with Gasteiger partial charge in [-0.05, 0) is 44.2 Å². The molecule has 0 radical (unpaired) electrons. The number of ether oxygens (including phenoxy) is 1. The van der Waals surface area contributed by atoms with Gasteiger partial charge in [-0.3, -0.25) is 0 Å². The molecule has 0 aromatic heterocycles. The number of aliphatic imine (C=N–C) groups is 1. The van der Waals surface area contributed by atoms with Gasteiger partial charge in [-0.15, -0.1) is 13.2 Å². The van der Waals surface area contributed by atoms with E-state index in [2.05, 4.69) is 16.3 Å². The van der Waals surface area contributed by atoms with Gasteiger partial charge < -0.3 is 9.84 Å². The maximum Gasteiger partial charge on any atom is 0.573 e. The van der Waals surface area contributed by atoms with Gasteiger partial charge in [-0.25, -0.2) is 9.79 Å². The standard InChI is InChI=1S/C21H18F3NO3/c1-4-5-18(15-7-9-16(10-8-15)20(26)27)25-14(3)17-12-13(2)6-11-19(17)28-21(22,23)24/h4-12H,3H2,1-2H3,(H,26,27)/b5-4-,25-18?. The van der Waals surface area contributed by atoms with Crippen LogP contribution in [0.15, 0.2) is 66.2 Å². The summed E-state index contributed by atoms with van der Waals surface area (Å²) in [5.41, 5.74) is 2.04. The van der Waals surface area contributed by atoms with Gasteiger partial charge in [0.25, 0.3) is 0 Å². The van der Waals surface area contributed by atoms with Crippen molar-refractivity contribution in [3.8, 4) is 5.75 Å². The number of carbonyl (C=O) groups is 1. The van der Waals surface area contributed by atoms with Crippen molar-refractivity contribution >= 4 is 17.4 Å². The van der Waals surface area contributed by atoms with Gasteiger partial charge >= 0.3 is 12.3 Å². The van der Waals surface area contributed by atoms with E-state index in [9.17, 15) is 18.0 Å². The highest BCUT2D eigenvalue weighted by atomic mass is 19.4. The number of hydrogen-bond donors (Lipinski definition) is 1. The van der Waals surface area contributed by atoms with E-state index in [0.717, 1.165) is 5.56 Å². The van der Waals surface area contributed by atoms with Crippen LogP contribution in [0.5, 0.6) is 5.75 Å². The van der Waals surface area contributed by atoms with E-state index < -0.39 is 18.1 Å². The molecule has 2 aromatic carbocycles. The molecule has 0 saturated carbocycles. The zero-order chi connectivity index (χ0) is 20.9. The van der Waals surface area contributed by atoms with E-state index in [1.165, 1.54) is 30.3 Å². The molecule has 0 bridgehead atoms. The third-order valence-corrected chi connectivity index (χ3v) is 3.68. The number of carboxylic acids is 1. The Kier molecular flexibility index (Phi) is 6.41. The van der Waals surface area contributed by atoms with Gasteiger partial charge in [-0.2, -0.15) is 0 Å². The summed E-state index contributed by atoms with van der Waals surface area (Å²) in [5.74, 6) is -1.46. The van der Waals surface area contributed by atoms with Gasteiger partial charge in [0.1, 0.15) is 5.75 Å². The number of allylic oxidation sites excluding steroid dienone is 2. The van der Waals surface area contributed by atoms with Crippen molar-refractivity contribution in [1.82, 2.24) is 0 Å². The number of carboxylic acid groups (broad SMARTS) is 1. The summed E-state index contributed by atoms with van der Waals surface area (Å²) in [6.45, 7) is 7.28. The van der Waals surface area contributed by atoms with E-state index in [0.29, 0.717) is 11.3 Å². The molecule has 0 aliphatic rings. The smallest absolute Gasteiger partial charge is 0.478 e. The molecule has 1 N–H and O–H groups in total. The van der Waals surface area contributed by atoms with E-state index in [1.807, 2.05) is 0 Å². The van der Waals surface area contributed by atoms with Gasteiger partial charge in [0.05, 0.1) is 17.0 Å². The topological polar surface area (TPSA) is 58.9 Å². The lowest BCUT2D eigenvalue weighted by molar-refractivity contribution is -0.274. The third kappa shape index (κ3) is 5.57. The van der Waals surface area contributed by atoms with Gasteiger partial charge in [0.2, 0.25) is 0 Å². The molecule has 0 amide bonds. The minimum atomic E-state index is -4.84. The Morgan fingerprint density at radius 1 is 1.14 bits per heavy atom. The maximum absolute atomic E-state index is 12.7. The van der Waals surface area contributed by atoms with Crippen LogP contribution in [0, 0.1) is 6.92 Å². The first-order valence-electron chi connectivity index (χ1n) is 8.21. The van der Waals surface area contributed by atoms with E-state index in [4.69, 9.17) is 5.11 Å². The first-order chi connectivity index (χ1) is 13.1. The molecular formula is C21H18F3NO3. The second-order valence-electron chi connectivity index (χ2n) is 5.87. The fraction of sp³-hybridized carbons (Fsp3) is 0.143. The minimum Gasteiger partial charge on any atom is -0.478 e. The van der Waals surface area contributed by atoms with Crippen LogP contribution in [0.2, 0.25) is 0 Å². The fourth-order valence-electron chi connectivity index (χ4n) is 2.43. The molecule has 28 heavy (non-hydrogen) atoms. The lowest BCUT2D eigenvalue weighted by Crippen LogP contribution is -2.18. The van der Waals surface area contributed by atoms with Crippen LogP contribution >= 0.6 is 0 Å². The molecule has 2 aromatic rings. The van der Waals surface area contributed by atoms with Crippen LogP contribution in [0.25, 0.3) is 5.70 Å². The summed E-state index contributed by atoms with van der Waals surface area (Å²) in [4.78, 5) is 15.3. The largest absolute Gasteiger partial charge is 0.573 e. The van der Waals surface area contributed by atoms with Crippen LogP contribution in [0.4, 0.5) is 13.2 Å². The predicted octanol–water partition coefficient (Wildman–Crippen LogP) is 5.63. The Labute approximate surface area is 160 Å². The van der Waals surface area contributed by atoms with Crippen LogP contribution in [-0.4, -0.2) is 23.1 Å². The molecule has 0 aliphatic carbocycles. The quantitative estimate of drug-likeness (QED) is 0.652. The fourth-order valence-corrected chi connectivity index (χ4v) is 2.43. The highest BCUT2D eigenvalue weighted by Crippen LogP contribution is 2.32. The number of alkyl halides is 3. The molecule has 4 nitrogen and oxygen atoms in total. The molecule has 0 unspecified atom stereocenters.